The van der Waals surface area contributed by atoms with Crippen LogP contribution in [0, 0.1) is 0 Å². The monoisotopic (exact) mass is 390 g/mol. The first-order chi connectivity index (χ1) is 13.0. The Morgan fingerprint density at radius 3 is 2.33 bits per heavy atom. The summed E-state index contributed by atoms with van der Waals surface area (Å²) in [4.78, 5) is 4.45. The van der Waals surface area contributed by atoms with Crippen molar-refractivity contribution in [2.75, 3.05) is 20.7 Å². The highest BCUT2D eigenvalue weighted by atomic mass is 32.2. The average molecular weight is 391 g/mol. The van der Waals surface area contributed by atoms with Crippen LogP contribution in [0.4, 0.5) is 0 Å². The second kappa shape index (κ2) is 9.94. The molecule has 0 saturated carbocycles. The van der Waals surface area contributed by atoms with E-state index in [1.54, 1.807) is 31.3 Å². The number of hydrogen-bond acceptors (Lipinski definition) is 4. The molecule has 0 aliphatic carbocycles. The molecule has 2 rings (SSSR count). The first-order valence-corrected chi connectivity index (χ1v) is 10.2. The highest BCUT2D eigenvalue weighted by Crippen LogP contribution is 2.17. The SMILES string of the molecule is CCOc1ccccc1CNC(=NC)NCc1ccc(S(=O)(=O)NC)cc1. The van der Waals surface area contributed by atoms with E-state index in [0.717, 1.165) is 16.9 Å². The van der Waals surface area contributed by atoms with Gasteiger partial charge < -0.3 is 15.4 Å². The predicted molar refractivity (Wildman–Crippen MR) is 107 cm³/mol. The van der Waals surface area contributed by atoms with Gasteiger partial charge in [-0.1, -0.05) is 30.3 Å². The number of para-hydroxylation sites is 1. The molecule has 0 saturated heterocycles. The Bertz CT molecular complexity index is 865. The van der Waals surface area contributed by atoms with Crippen LogP contribution >= 0.6 is 0 Å². The summed E-state index contributed by atoms with van der Waals surface area (Å²) >= 11 is 0. The Kier molecular flexibility index (Phi) is 7.63. The number of nitrogens with zero attached hydrogens (tertiary/aromatic N) is 1. The highest BCUT2D eigenvalue weighted by Gasteiger charge is 2.10. The van der Waals surface area contributed by atoms with Crippen molar-refractivity contribution in [1.29, 1.82) is 0 Å². The molecule has 0 amide bonds. The number of aliphatic imine (C=N–C) groups is 1. The van der Waals surface area contributed by atoms with Gasteiger partial charge in [0, 0.05) is 25.7 Å². The fraction of sp³-hybridized carbons (Fsp3) is 0.316. The van der Waals surface area contributed by atoms with Crippen LogP contribution in [0.3, 0.4) is 0 Å². The molecular weight excluding hydrogens is 364 g/mol. The minimum absolute atomic E-state index is 0.240. The molecule has 3 N–H and O–H groups in total. The summed E-state index contributed by atoms with van der Waals surface area (Å²) in [5, 5.41) is 6.47. The number of benzene rings is 2. The number of sulfonamides is 1. The predicted octanol–water partition coefficient (Wildman–Crippen LogP) is 1.86. The van der Waals surface area contributed by atoms with Gasteiger partial charge in [-0.3, -0.25) is 4.99 Å². The van der Waals surface area contributed by atoms with E-state index in [4.69, 9.17) is 4.74 Å². The molecule has 0 bridgehead atoms. The molecule has 0 heterocycles. The standard InChI is InChI=1S/C19H26N4O3S/c1-4-26-18-8-6-5-7-16(18)14-23-19(20-2)22-13-15-9-11-17(12-10-15)27(24,25)21-3/h5-12,21H,4,13-14H2,1-3H3,(H2,20,22,23). The molecule has 0 radical (unpaired) electrons. The van der Waals surface area contributed by atoms with Gasteiger partial charge in [-0.05, 0) is 37.7 Å². The second-order valence-electron chi connectivity index (χ2n) is 5.67. The largest absolute Gasteiger partial charge is 0.494 e. The van der Waals surface area contributed by atoms with Crippen LogP contribution in [0.15, 0.2) is 58.4 Å². The maximum atomic E-state index is 11.8. The van der Waals surface area contributed by atoms with Crippen molar-refractivity contribution in [3.63, 3.8) is 0 Å². The van der Waals surface area contributed by atoms with Crippen LogP contribution in [0.25, 0.3) is 0 Å². The normalized spacial score (nSPS) is 11.9. The summed E-state index contributed by atoms with van der Waals surface area (Å²) in [6.07, 6.45) is 0. The summed E-state index contributed by atoms with van der Waals surface area (Å²) < 4.78 is 31.4. The van der Waals surface area contributed by atoms with Crippen LogP contribution < -0.4 is 20.1 Å². The summed E-state index contributed by atoms with van der Waals surface area (Å²) in [7, 11) is -0.324. The molecule has 0 unspecified atom stereocenters. The average Bonchev–Trinajstić information content (AvgIpc) is 2.69. The maximum absolute atomic E-state index is 11.8. The van der Waals surface area contributed by atoms with Crippen LogP contribution in [0.2, 0.25) is 0 Å². The van der Waals surface area contributed by atoms with E-state index in [1.807, 2.05) is 31.2 Å². The number of ether oxygens (including phenoxy) is 1. The molecule has 146 valence electrons. The highest BCUT2D eigenvalue weighted by molar-refractivity contribution is 7.89. The van der Waals surface area contributed by atoms with Gasteiger partial charge in [0.15, 0.2) is 5.96 Å². The molecule has 0 aromatic heterocycles. The first-order valence-electron chi connectivity index (χ1n) is 8.68. The van der Waals surface area contributed by atoms with Gasteiger partial charge in [0.2, 0.25) is 10.0 Å². The van der Waals surface area contributed by atoms with E-state index < -0.39 is 10.0 Å². The molecule has 0 aliphatic rings. The Labute approximate surface area is 160 Å². The molecule has 0 spiro atoms. The Morgan fingerprint density at radius 1 is 1.04 bits per heavy atom. The van der Waals surface area contributed by atoms with Gasteiger partial charge in [0.05, 0.1) is 11.5 Å². The van der Waals surface area contributed by atoms with Crippen LogP contribution in [0.1, 0.15) is 18.1 Å². The molecule has 27 heavy (non-hydrogen) atoms. The summed E-state index contributed by atoms with van der Waals surface area (Å²) in [5.74, 6) is 1.50. The minimum atomic E-state index is -3.42. The second-order valence-corrected chi connectivity index (χ2v) is 7.56. The number of nitrogens with one attached hydrogen (secondary N) is 3. The molecule has 8 heteroatoms. The molecule has 2 aromatic rings. The van der Waals surface area contributed by atoms with Crippen molar-refractivity contribution in [2.24, 2.45) is 4.99 Å². The van der Waals surface area contributed by atoms with E-state index in [0.29, 0.717) is 25.7 Å². The number of hydrogen-bond donors (Lipinski definition) is 3. The lowest BCUT2D eigenvalue weighted by Gasteiger charge is -2.14. The van der Waals surface area contributed by atoms with Crippen molar-refractivity contribution in [2.45, 2.75) is 24.9 Å². The Balaban J connectivity index is 1.93. The zero-order chi connectivity index (χ0) is 19.7. The van der Waals surface area contributed by atoms with E-state index in [-0.39, 0.29) is 4.90 Å². The molecule has 2 aromatic carbocycles. The van der Waals surface area contributed by atoms with Crippen molar-refractivity contribution in [3.05, 3.63) is 59.7 Å². The lowest BCUT2D eigenvalue weighted by molar-refractivity contribution is 0.336. The fourth-order valence-electron chi connectivity index (χ4n) is 2.44. The lowest BCUT2D eigenvalue weighted by Crippen LogP contribution is -2.36. The van der Waals surface area contributed by atoms with Gasteiger partial charge in [-0.25, -0.2) is 13.1 Å². The maximum Gasteiger partial charge on any atom is 0.240 e. The van der Waals surface area contributed by atoms with Crippen molar-refractivity contribution >= 4 is 16.0 Å². The van der Waals surface area contributed by atoms with Gasteiger partial charge in [0.1, 0.15) is 5.75 Å². The van der Waals surface area contributed by atoms with Crippen LogP contribution in [0.5, 0.6) is 5.75 Å². The Morgan fingerprint density at radius 2 is 1.70 bits per heavy atom. The van der Waals surface area contributed by atoms with E-state index in [2.05, 4.69) is 20.3 Å². The third-order valence-electron chi connectivity index (χ3n) is 3.90. The first kappa shape index (κ1) is 20.7. The van der Waals surface area contributed by atoms with Crippen molar-refractivity contribution in [1.82, 2.24) is 15.4 Å². The molecule has 0 fully saturated rings. The van der Waals surface area contributed by atoms with E-state index >= 15 is 0 Å². The van der Waals surface area contributed by atoms with E-state index in [9.17, 15) is 8.42 Å². The van der Waals surface area contributed by atoms with Gasteiger partial charge >= 0.3 is 0 Å². The van der Waals surface area contributed by atoms with Gasteiger partial charge in [-0.15, -0.1) is 0 Å². The third-order valence-corrected chi connectivity index (χ3v) is 5.33. The van der Waals surface area contributed by atoms with Crippen LogP contribution in [-0.2, 0) is 23.1 Å². The molecule has 0 aliphatic heterocycles. The van der Waals surface area contributed by atoms with Crippen molar-refractivity contribution in [3.8, 4) is 5.75 Å². The fourth-order valence-corrected chi connectivity index (χ4v) is 3.17. The van der Waals surface area contributed by atoms with Gasteiger partial charge in [0.25, 0.3) is 0 Å². The minimum Gasteiger partial charge on any atom is -0.494 e. The zero-order valence-corrected chi connectivity index (χ0v) is 16.6. The van der Waals surface area contributed by atoms with Gasteiger partial charge in [-0.2, -0.15) is 0 Å². The third kappa shape index (κ3) is 5.97. The zero-order valence-electron chi connectivity index (χ0n) is 15.8. The Hall–Kier alpha value is -2.58. The molecular formula is C19H26N4O3S. The topological polar surface area (TPSA) is 91.8 Å². The molecule has 7 nitrogen and oxygen atoms in total. The molecule has 0 atom stereocenters. The summed E-state index contributed by atoms with van der Waals surface area (Å²) in [5.41, 5.74) is 1.99. The number of rotatable bonds is 8. The van der Waals surface area contributed by atoms with E-state index in [1.165, 1.54) is 7.05 Å². The lowest BCUT2D eigenvalue weighted by atomic mass is 10.2. The quantitative estimate of drug-likeness (QED) is 0.473. The number of guanidine groups is 1. The van der Waals surface area contributed by atoms with Crippen LogP contribution in [-0.4, -0.2) is 35.1 Å². The summed E-state index contributed by atoms with van der Waals surface area (Å²) in [6, 6.07) is 14.6. The van der Waals surface area contributed by atoms with Crippen molar-refractivity contribution < 1.29 is 13.2 Å². The smallest absolute Gasteiger partial charge is 0.240 e. The summed E-state index contributed by atoms with van der Waals surface area (Å²) in [6.45, 7) is 3.67.